The van der Waals surface area contributed by atoms with Crippen LogP contribution in [0.1, 0.15) is 6.92 Å². The van der Waals surface area contributed by atoms with Crippen LogP contribution in [0.3, 0.4) is 0 Å². The zero-order valence-electron chi connectivity index (χ0n) is 10.9. The van der Waals surface area contributed by atoms with Crippen LogP contribution in [0.25, 0.3) is 10.4 Å². The van der Waals surface area contributed by atoms with Gasteiger partial charge in [0.05, 0.1) is 20.3 Å². The fourth-order valence-corrected chi connectivity index (χ4v) is 1.45. The molecule has 0 spiro atoms. The molecule has 0 saturated carbocycles. The average Bonchev–Trinajstić information content (AvgIpc) is 2.43. The number of carbonyl (C=O) groups excluding carboxylic acids is 1. The molecule has 0 radical (unpaired) electrons. The summed E-state index contributed by atoms with van der Waals surface area (Å²) in [6, 6.07) is 6.38. The molecule has 1 rings (SSSR count). The number of anilines is 1. The van der Waals surface area contributed by atoms with Crippen LogP contribution in [0.5, 0.6) is 5.75 Å². The second-order valence-electron chi connectivity index (χ2n) is 3.59. The molecule has 0 aromatic heterocycles. The van der Waals surface area contributed by atoms with Crippen LogP contribution in [-0.2, 0) is 9.53 Å². The molecule has 7 heteroatoms. The summed E-state index contributed by atoms with van der Waals surface area (Å²) in [6.45, 7) is 1.96. The number of benzene rings is 1. The highest BCUT2D eigenvalue weighted by molar-refractivity contribution is 5.79. The van der Waals surface area contributed by atoms with Gasteiger partial charge in [0.2, 0.25) is 0 Å². The van der Waals surface area contributed by atoms with Gasteiger partial charge in [-0.1, -0.05) is 11.2 Å². The molecule has 1 atom stereocenters. The molecule has 1 aromatic rings. The second kappa shape index (κ2) is 7.84. The maximum Gasteiger partial charge on any atom is 0.328 e. The maximum atomic E-state index is 11.7. The van der Waals surface area contributed by atoms with E-state index in [4.69, 9.17) is 15.0 Å². The Labute approximate surface area is 111 Å². The van der Waals surface area contributed by atoms with Gasteiger partial charge in [-0.15, -0.1) is 0 Å². The van der Waals surface area contributed by atoms with Crippen LogP contribution in [-0.4, -0.2) is 32.3 Å². The minimum Gasteiger partial charge on any atom is -0.497 e. The number of esters is 1. The van der Waals surface area contributed by atoms with Gasteiger partial charge in [-0.05, 0) is 24.6 Å². The standard InChI is InChI=1S/C12H16N4O3/c1-3-19-12(17)11(8-14-16-13)15-9-5-4-6-10(7-9)18-2/h4-7,11,15H,3,8H2,1-2H3. The van der Waals surface area contributed by atoms with Crippen LogP contribution < -0.4 is 10.1 Å². The molecule has 0 amide bonds. The molecule has 0 bridgehead atoms. The summed E-state index contributed by atoms with van der Waals surface area (Å²) < 4.78 is 10.0. The monoisotopic (exact) mass is 264 g/mol. The third-order valence-electron chi connectivity index (χ3n) is 2.31. The smallest absolute Gasteiger partial charge is 0.328 e. The highest BCUT2D eigenvalue weighted by atomic mass is 16.5. The van der Waals surface area contributed by atoms with Crippen molar-refractivity contribution < 1.29 is 14.3 Å². The lowest BCUT2D eigenvalue weighted by atomic mass is 10.2. The van der Waals surface area contributed by atoms with E-state index in [0.717, 1.165) is 0 Å². The van der Waals surface area contributed by atoms with Crippen LogP contribution in [0.2, 0.25) is 0 Å². The first-order valence-electron chi connectivity index (χ1n) is 5.79. The highest BCUT2D eigenvalue weighted by Gasteiger charge is 2.18. The van der Waals surface area contributed by atoms with Gasteiger partial charge in [0, 0.05) is 16.7 Å². The van der Waals surface area contributed by atoms with Crippen molar-refractivity contribution in [3.8, 4) is 5.75 Å². The van der Waals surface area contributed by atoms with E-state index in [0.29, 0.717) is 11.4 Å². The van der Waals surface area contributed by atoms with Crippen molar-refractivity contribution >= 4 is 11.7 Å². The van der Waals surface area contributed by atoms with Crippen molar-refractivity contribution in [1.82, 2.24) is 0 Å². The molecule has 0 fully saturated rings. The lowest BCUT2D eigenvalue weighted by Crippen LogP contribution is -2.34. The number of methoxy groups -OCH3 is 1. The number of azide groups is 1. The topological polar surface area (TPSA) is 96.3 Å². The number of hydrogen-bond donors (Lipinski definition) is 1. The first-order chi connectivity index (χ1) is 9.21. The molecule has 0 saturated heterocycles. The zero-order chi connectivity index (χ0) is 14.1. The van der Waals surface area contributed by atoms with Crippen molar-refractivity contribution in [3.05, 3.63) is 34.7 Å². The van der Waals surface area contributed by atoms with Crippen molar-refractivity contribution in [1.29, 1.82) is 0 Å². The predicted octanol–water partition coefficient (Wildman–Crippen LogP) is 2.35. The summed E-state index contributed by atoms with van der Waals surface area (Å²) in [5, 5.41) is 6.35. The third-order valence-corrected chi connectivity index (χ3v) is 2.31. The molecule has 1 unspecified atom stereocenters. The molecule has 1 N–H and O–H groups in total. The average molecular weight is 264 g/mol. The predicted molar refractivity (Wildman–Crippen MR) is 71.1 cm³/mol. The summed E-state index contributed by atoms with van der Waals surface area (Å²) in [5.74, 6) is 0.203. The molecular formula is C12H16N4O3. The van der Waals surface area contributed by atoms with Crippen molar-refractivity contribution in [2.24, 2.45) is 5.11 Å². The fourth-order valence-electron chi connectivity index (χ4n) is 1.45. The largest absolute Gasteiger partial charge is 0.497 e. The van der Waals surface area contributed by atoms with E-state index in [-0.39, 0.29) is 13.2 Å². The number of nitrogens with one attached hydrogen (secondary N) is 1. The van der Waals surface area contributed by atoms with Gasteiger partial charge in [-0.3, -0.25) is 0 Å². The number of carbonyl (C=O) groups is 1. The molecule has 0 aliphatic rings. The zero-order valence-corrected chi connectivity index (χ0v) is 10.9. The Morgan fingerprint density at radius 3 is 3.00 bits per heavy atom. The first kappa shape index (κ1) is 14.7. The molecular weight excluding hydrogens is 248 g/mol. The van der Waals surface area contributed by atoms with E-state index in [2.05, 4.69) is 15.3 Å². The van der Waals surface area contributed by atoms with E-state index in [1.165, 1.54) is 0 Å². The summed E-state index contributed by atoms with van der Waals surface area (Å²) in [7, 11) is 1.56. The maximum absolute atomic E-state index is 11.7. The van der Waals surface area contributed by atoms with Crippen LogP contribution in [0.4, 0.5) is 5.69 Å². The van der Waals surface area contributed by atoms with Crippen molar-refractivity contribution in [3.63, 3.8) is 0 Å². The van der Waals surface area contributed by atoms with Gasteiger partial charge in [0.25, 0.3) is 0 Å². The van der Waals surface area contributed by atoms with Gasteiger partial charge in [-0.2, -0.15) is 0 Å². The SMILES string of the molecule is CCOC(=O)C(CN=[N+]=[N-])Nc1cccc(OC)c1. The summed E-state index contributed by atoms with van der Waals surface area (Å²) in [4.78, 5) is 14.4. The van der Waals surface area contributed by atoms with Crippen LogP contribution in [0, 0.1) is 0 Å². The molecule has 0 heterocycles. The summed E-state index contributed by atoms with van der Waals surface area (Å²) in [5.41, 5.74) is 9.02. The van der Waals surface area contributed by atoms with Gasteiger partial charge in [-0.25, -0.2) is 4.79 Å². The van der Waals surface area contributed by atoms with Gasteiger partial charge >= 0.3 is 5.97 Å². The molecule has 102 valence electrons. The minimum atomic E-state index is -0.719. The van der Waals surface area contributed by atoms with E-state index in [9.17, 15) is 4.79 Å². The Morgan fingerprint density at radius 2 is 2.37 bits per heavy atom. The molecule has 19 heavy (non-hydrogen) atoms. The summed E-state index contributed by atoms with van der Waals surface area (Å²) >= 11 is 0. The van der Waals surface area contributed by atoms with Crippen molar-refractivity contribution in [2.45, 2.75) is 13.0 Å². The van der Waals surface area contributed by atoms with E-state index in [1.807, 2.05) is 0 Å². The second-order valence-corrected chi connectivity index (χ2v) is 3.59. The van der Waals surface area contributed by atoms with Gasteiger partial charge < -0.3 is 14.8 Å². The fraction of sp³-hybridized carbons (Fsp3) is 0.417. The van der Waals surface area contributed by atoms with Crippen LogP contribution in [0.15, 0.2) is 29.4 Å². The quantitative estimate of drug-likeness (QED) is 0.354. The highest BCUT2D eigenvalue weighted by Crippen LogP contribution is 2.17. The van der Waals surface area contributed by atoms with E-state index < -0.39 is 12.0 Å². The number of rotatable bonds is 7. The Bertz CT molecular complexity index is 472. The molecule has 0 aliphatic heterocycles. The lowest BCUT2D eigenvalue weighted by Gasteiger charge is -2.16. The van der Waals surface area contributed by atoms with E-state index in [1.54, 1.807) is 38.3 Å². The Hall–Kier alpha value is -2.40. The minimum absolute atomic E-state index is 0.0213. The normalized spacial score (nSPS) is 11.1. The molecule has 7 nitrogen and oxygen atoms in total. The number of nitrogens with zero attached hydrogens (tertiary/aromatic N) is 3. The summed E-state index contributed by atoms with van der Waals surface area (Å²) in [6.07, 6.45) is 0. The lowest BCUT2D eigenvalue weighted by molar-refractivity contribution is -0.143. The number of ether oxygens (including phenoxy) is 2. The Balaban J connectivity index is 2.80. The van der Waals surface area contributed by atoms with Gasteiger partial charge in [0.15, 0.2) is 0 Å². The van der Waals surface area contributed by atoms with Gasteiger partial charge in [0.1, 0.15) is 11.8 Å². The Kier molecular flexibility index (Phi) is 6.05. The van der Waals surface area contributed by atoms with Crippen LogP contribution >= 0.6 is 0 Å². The van der Waals surface area contributed by atoms with Crippen molar-refractivity contribution in [2.75, 3.05) is 25.6 Å². The third kappa shape index (κ3) is 4.77. The molecule has 1 aromatic carbocycles. The van der Waals surface area contributed by atoms with E-state index >= 15 is 0 Å². The Morgan fingerprint density at radius 1 is 1.58 bits per heavy atom. The molecule has 0 aliphatic carbocycles. The first-order valence-corrected chi connectivity index (χ1v) is 5.79. The number of hydrogen-bond acceptors (Lipinski definition) is 5.